The number of nitrogens with one attached hydrogen (secondary N) is 1. The van der Waals surface area contributed by atoms with Crippen molar-refractivity contribution in [1.82, 2.24) is 15.1 Å². The molecule has 3 N–H and O–H groups in total. The Hall–Kier alpha value is -1.34. The van der Waals surface area contributed by atoms with E-state index in [0.29, 0.717) is 12.6 Å². The van der Waals surface area contributed by atoms with Gasteiger partial charge in [0.1, 0.15) is 6.04 Å². The molecule has 0 aliphatic carbocycles. The van der Waals surface area contributed by atoms with Gasteiger partial charge in [-0.3, -0.25) is 0 Å². The summed E-state index contributed by atoms with van der Waals surface area (Å²) in [5, 5.41) is 21.3. The minimum atomic E-state index is -1.07. The Morgan fingerprint density at radius 3 is 2.62 bits per heavy atom. The summed E-state index contributed by atoms with van der Waals surface area (Å²) in [5.74, 6) is -1.07. The first-order valence-corrected chi connectivity index (χ1v) is 7.48. The van der Waals surface area contributed by atoms with E-state index in [1.165, 1.54) is 4.90 Å². The molecule has 2 unspecified atom stereocenters. The van der Waals surface area contributed by atoms with Crippen molar-refractivity contribution in [3.05, 3.63) is 0 Å². The van der Waals surface area contributed by atoms with Crippen LogP contribution in [-0.4, -0.2) is 76.9 Å². The fraction of sp³-hybridized carbons (Fsp3) is 0.857. The summed E-state index contributed by atoms with van der Waals surface area (Å²) in [4.78, 5) is 26.4. The molecule has 21 heavy (non-hydrogen) atoms. The normalized spacial score (nSPS) is 22.1. The van der Waals surface area contributed by atoms with Crippen molar-refractivity contribution in [2.24, 2.45) is 0 Å². The number of aliphatic hydroxyl groups excluding tert-OH is 1. The molecule has 1 aliphatic heterocycles. The lowest BCUT2D eigenvalue weighted by Crippen LogP contribution is -2.46. The highest BCUT2D eigenvalue weighted by Crippen LogP contribution is 2.18. The zero-order valence-corrected chi connectivity index (χ0v) is 13.1. The lowest BCUT2D eigenvalue weighted by Gasteiger charge is -2.22. The standard InChI is InChI=1S/C14H27N3O4/c1-10(2)16(3)7-5-4-6-15-14(21)17-9-11(18)8-12(17)13(19)20/h10-12,18H,4-9H2,1-3H3,(H,15,21)(H,19,20). The molecule has 0 radical (unpaired) electrons. The number of aliphatic carboxylic acids is 1. The van der Waals surface area contributed by atoms with Crippen LogP contribution in [0.2, 0.25) is 0 Å². The first-order chi connectivity index (χ1) is 9.82. The van der Waals surface area contributed by atoms with Crippen molar-refractivity contribution in [2.45, 2.75) is 51.3 Å². The number of carbonyl (C=O) groups excluding carboxylic acids is 1. The molecule has 7 nitrogen and oxygen atoms in total. The monoisotopic (exact) mass is 301 g/mol. The molecule has 2 amide bonds. The second-order valence-corrected chi connectivity index (χ2v) is 5.91. The largest absolute Gasteiger partial charge is 0.480 e. The zero-order chi connectivity index (χ0) is 16.0. The number of aliphatic hydroxyl groups is 1. The number of carboxylic acid groups (broad SMARTS) is 1. The fourth-order valence-electron chi connectivity index (χ4n) is 2.31. The van der Waals surface area contributed by atoms with Crippen molar-refractivity contribution in [1.29, 1.82) is 0 Å². The van der Waals surface area contributed by atoms with Gasteiger partial charge in [-0.15, -0.1) is 0 Å². The zero-order valence-electron chi connectivity index (χ0n) is 13.1. The summed E-state index contributed by atoms with van der Waals surface area (Å²) >= 11 is 0. The first-order valence-electron chi connectivity index (χ1n) is 7.48. The Kier molecular flexibility index (Phi) is 6.91. The van der Waals surface area contributed by atoms with Gasteiger partial charge in [0, 0.05) is 25.6 Å². The summed E-state index contributed by atoms with van der Waals surface area (Å²) in [6, 6.07) is -0.828. The Labute approximate surface area is 125 Å². The van der Waals surface area contributed by atoms with Crippen LogP contribution >= 0.6 is 0 Å². The van der Waals surface area contributed by atoms with Gasteiger partial charge in [0.05, 0.1) is 6.10 Å². The van der Waals surface area contributed by atoms with Gasteiger partial charge in [0.15, 0.2) is 0 Å². The Morgan fingerprint density at radius 2 is 2.05 bits per heavy atom. The van der Waals surface area contributed by atoms with Gasteiger partial charge in [0.25, 0.3) is 0 Å². The number of carboxylic acids is 1. The van der Waals surface area contributed by atoms with Crippen LogP contribution in [0.3, 0.4) is 0 Å². The van der Waals surface area contributed by atoms with Gasteiger partial charge in [-0.05, 0) is 40.3 Å². The number of urea groups is 1. The maximum Gasteiger partial charge on any atom is 0.326 e. The summed E-state index contributed by atoms with van der Waals surface area (Å²) in [5.41, 5.74) is 0. The molecule has 0 spiro atoms. The minimum Gasteiger partial charge on any atom is -0.480 e. The maximum atomic E-state index is 11.9. The molecule has 0 aromatic heterocycles. The molecule has 1 rings (SSSR count). The second kappa shape index (κ2) is 8.19. The molecule has 2 atom stereocenters. The first kappa shape index (κ1) is 17.7. The van der Waals surface area contributed by atoms with Gasteiger partial charge >= 0.3 is 12.0 Å². The van der Waals surface area contributed by atoms with Crippen LogP contribution in [0.5, 0.6) is 0 Å². The predicted molar refractivity (Wildman–Crippen MR) is 79.2 cm³/mol. The molecule has 1 aliphatic rings. The maximum absolute atomic E-state index is 11.9. The van der Waals surface area contributed by atoms with Gasteiger partial charge in [-0.1, -0.05) is 0 Å². The van der Waals surface area contributed by atoms with Crippen molar-refractivity contribution in [3.8, 4) is 0 Å². The molecule has 1 saturated heterocycles. The van der Waals surface area contributed by atoms with Crippen LogP contribution in [0.15, 0.2) is 0 Å². The molecule has 1 fully saturated rings. The van der Waals surface area contributed by atoms with E-state index in [-0.39, 0.29) is 13.0 Å². The number of likely N-dealkylation sites (tertiary alicyclic amines) is 1. The highest BCUT2D eigenvalue weighted by molar-refractivity contribution is 5.83. The molecular formula is C14H27N3O4. The number of nitrogens with zero attached hydrogens (tertiary/aromatic N) is 2. The number of rotatable bonds is 7. The van der Waals surface area contributed by atoms with Crippen LogP contribution < -0.4 is 5.32 Å². The van der Waals surface area contributed by atoms with Gasteiger partial charge in [-0.2, -0.15) is 0 Å². The van der Waals surface area contributed by atoms with Crippen molar-refractivity contribution >= 4 is 12.0 Å². The Bertz CT molecular complexity index is 362. The fourth-order valence-corrected chi connectivity index (χ4v) is 2.31. The SMILES string of the molecule is CC(C)N(C)CCCCNC(=O)N1CC(O)CC1C(=O)O. The average molecular weight is 301 g/mol. The Morgan fingerprint density at radius 1 is 1.38 bits per heavy atom. The van der Waals surface area contributed by atoms with Crippen LogP contribution in [0.1, 0.15) is 33.1 Å². The summed E-state index contributed by atoms with van der Waals surface area (Å²) in [7, 11) is 2.06. The van der Waals surface area contributed by atoms with E-state index in [2.05, 4.69) is 31.1 Å². The smallest absolute Gasteiger partial charge is 0.326 e. The summed E-state index contributed by atoms with van der Waals surface area (Å²) < 4.78 is 0. The molecular weight excluding hydrogens is 274 g/mol. The summed E-state index contributed by atoms with van der Waals surface area (Å²) in [6.45, 7) is 5.83. The van der Waals surface area contributed by atoms with Crippen LogP contribution in [0.25, 0.3) is 0 Å². The van der Waals surface area contributed by atoms with E-state index in [4.69, 9.17) is 5.11 Å². The number of carbonyl (C=O) groups is 2. The lowest BCUT2D eigenvalue weighted by atomic mass is 10.2. The van der Waals surface area contributed by atoms with Gasteiger partial charge < -0.3 is 25.3 Å². The molecule has 0 saturated carbocycles. The number of unbranched alkanes of at least 4 members (excludes halogenated alkanes) is 1. The molecule has 0 aromatic rings. The Balaban J connectivity index is 2.26. The third-order valence-corrected chi connectivity index (χ3v) is 3.92. The topological polar surface area (TPSA) is 93.1 Å². The van der Waals surface area contributed by atoms with Crippen molar-refractivity contribution in [3.63, 3.8) is 0 Å². The van der Waals surface area contributed by atoms with Crippen molar-refractivity contribution < 1.29 is 19.8 Å². The predicted octanol–water partition coefficient (Wildman–Crippen LogP) is 0.336. The van der Waals surface area contributed by atoms with E-state index in [1.807, 2.05) is 0 Å². The molecule has 0 aromatic carbocycles. The molecule has 122 valence electrons. The van der Waals surface area contributed by atoms with E-state index < -0.39 is 24.1 Å². The lowest BCUT2D eigenvalue weighted by molar-refractivity contribution is -0.141. The average Bonchev–Trinajstić information content (AvgIpc) is 2.80. The van der Waals surface area contributed by atoms with Crippen molar-refractivity contribution in [2.75, 3.05) is 26.7 Å². The molecule has 0 bridgehead atoms. The van der Waals surface area contributed by atoms with Gasteiger partial charge in [0.2, 0.25) is 0 Å². The van der Waals surface area contributed by atoms with E-state index >= 15 is 0 Å². The van der Waals surface area contributed by atoms with E-state index in [0.717, 1.165) is 19.4 Å². The second-order valence-electron chi connectivity index (χ2n) is 5.91. The van der Waals surface area contributed by atoms with Crippen LogP contribution in [0.4, 0.5) is 4.79 Å². The summed E-state index contributed by atoms with van der Waals surface area (Å²) in [6.07, 6.45) is 1.16. The number of amides is 2. The molecule has 1 heterocycles. The third-order valence-electron chi connectivity index (χ3n) is 3.92. The van der Waals surface area contributed by atoms with Crippen LogP contribution in [-0.2, 0) is 4.79 Å². The van der Waals surface area contributed by atoms with Gasteiger partial charge in [-0.25, -0.2) is 9.59 Å². The quantitative estimate of drug-likeness (QED) is 0.590. The minimum absolute atomic E-state index is 0.0822. The number of β-amino-alcohol motifs (C(OH)–C–C–N with tert-alkyl or cyclic N) is 1. The number of hydrogen-bond acceptors (Lipinski definition) is 4. The van der Waals surface area contributed by atoms with E-state index in [9.17, 15) is 14.7 Å². The van der Waals surface area contributed by atoms with E-state index in [1.54, 1.807) is 0 Å². The molecule has 7 heteroatoms. The third kappa shape index (κ3) is 5.51. The highest BCUT2D eigenvalue weighted by Gasteiger charge is 2.38. The van der Waals surface area contributed by atoms with Crippen LogP contribution in [0, 0.1) is 0 Å². The highest BCUT2D eigenvalue weighted by atomic mass is 16.4. The number of hydrogen-bond donors (Lipinski definition) is 3.